The molecule has 5 heteroatoms. The lowest BCUT2D eigenvalue weighted by Gasteiger charge is -2.27. The van der Waals surface area contributed by atoms with Gasteiger partial charge in [-0.15, -0.1) is 0 Å². The summed E-state index contributed by atoms with van der Waals surface area (Å²) >= 11 is 0. The number of ether oxygens (including phenoxy) is 2. The van der Waals surface area contributed by atoms with Gasteiger partial charge in [-0.1, -0.05) is 26.2 Å². The predicted octanol–water partition coefficient (Wildman–Crippen LogP) is 3.55. The van der Waals surface area contributed by atoms with Crippen LogP contribution in [0.25, 0.3) is 0 Å². The zero-order valence-corrected chi connectivity index (χ0v) is 15.7. The largest absolute Gasteiger partial charge is 0.492 e. The van der Waals surface area contributed by atoms with E-state index in [9.17, 15) is 4.79 Å². The van der Waals surface area contributed by atoms with Gasteiger partial charge in [0.25, 0.3) is 5.91 Å². The standard InChI is InChI=1S/C19H32N2O3/c1-6-7-8-13-19(2,23-5)18(22)20-16-9-11-17(12-10-16)24-15-14-21(3)4/h9-12H,6-8,13-15H2,1-5H3,(H,20,22). The summed E-state index contributed by atoms with van der Waals surface area (Å²) in [6.45, 7) is 5.49. The topological polar surface area (TPSA) is 50.8 Å². The van der Waals surface area contributed by atoms with Gasteiger partial charge in [-0.3, -0.25) is 4.79 Å². The molecule has 136 valence electrons. The van der Waals surface area contributed by atoms with Gasteiger partial charge in [-0.05, 0) is 51.7 Å². The Morgan fingerprint density at radius 1 is 1.21 bits per heavy atom. The van der Waals surface area contributed by atoms with Gasteiger partial charge in [0.05, 0.1) is 0 Å². The molecule has 1 N–H and O–H groups in total. The number of unbranched alkanes of at least 4 members (excludes halogenated alkanes) is 2. The van der Waals surface area contributed by atoms with Crippen molar-refractivity contribution in [2.75, 3.05) is 39.7 Å². The van der Waals surface area contributed by atoms with E-state index >= 15 is 0 Å². The molecule has 0 aliphatic heterocycles. The maximum absolute atomic E-state index is 12.5. The highest BCUT2D eigenvalue weighted by molar-refractivity contribution is 5.97. The van der Waals surface area contributed by atoms with Crippen LogP contribution in [0, 0.1) is 0 Å². The van der Waals surface area contributed by atoms with Crippen molar-refractivity contribution >= 4 is 11.6 Å². The van der Waals surface area contributed by atoms with Gasteiger partial charge in [-0.25, -0.2) is 0 Å². The third-order valence-electron chi connectivity index (χ3n) is 4.11. The Morgan fingerprint density at radius 2 is 1.88 bits per heavy atom. The van der Waals surface area contributed by atoms with Crippen LogP contribution in [0.5, 0.6) is 5.75 Å². The predicted molar refractivity (Wildman–Crippen MR) is 98.7 cm³/mol. The number of hydrogen-bond acceptors (Lipinski definition) is 4. The average Bonchev–Trinajstić information content (AvgIpc) is 2.56. The molecule has 0 aromatic heterocycles. The number of anilines is 1. The molecule has 5 nitrogen and oxygen atoms in total. The Balaban J connectivity index is 2.56. The Bertz CT molecular complexity index is 488. The third-order valence-corrected chi connectivity index (χ3v) is 4.11. The van der Waals surface area contributed by atoms with E-state index in [-0.39, 0.29) is 5.91 Å². The summed E-state index contributed by atoms with van der Waals surface area (Å²) in [5, 5.41) is 2.93. The van der Waals surface area contributed by atoms with Crippen LogP contribution >= 0.6 is 0 Å². The second kappa shape index (κ2) is 10.3. The van der Waals surface area contributed by atoms with Crippen LogP contribution in [0.1, 0.15) is 39.5 Å². The normalized spacial score (nSPS) is 13.6. The van der Waals surface area contributed by atoms with Gasteiger partial charge < -0.3 is 19.7 Å². The zero-order valence-electron chi connectivity index (χ0n) is 15.7. The Morgan fingerprint density at radius 3 is 2.42 bits per heavy atom. The molecule has 0 aliphatic carbocycles. The average molecular weight is 336 g/mol. The highest BCUT2D eigenvalue weighted by atomic mass is 16.5. The molecule has 1 unspecified atom stereocenters. The van der Waals surface area contributed by atoms with Crippen molar-refractivity contribution in [2.45, 2.75) is 45.1 Å². The lowest BCUT2D eigenvalue weighted by molar-refractivity contribution is -0.136. The summed E-state index contributed by atoms with van der Waals surface area (Å²) in [5.74, 6) is 0.690. The number of methoxy groups -OCH3 is 1. The summed E-state index contributed by atoms with van der Waals surface area (Å²) < 4.78 is 11.1. The fourth-order valence-electron chi connectivity index (χ4n) is 2.26. The summed E-state index contributed by atoms with van der Waals surface area (Å²) in [6, 6.07) is 7.44. The van der Waals surface area contributed by atoms with Crippen LogP contribution in [0.15, 0.2) is 24.3 Å². The zero-order chi connectivity index (χ0) is 18.0. The number of nitrogens with one attached hydrogen (secondary N) is 1. The molecule has 0 saturated carbocycles. The highest BCUT2D eigenvalue weighted by Crippen LogP contribution is 2.22. The smallest absolute Gasteiger partial charge is 0.256 e. The minimum Gasteiger partial charge on any atom is -0.492 e. The molecule has 0 spiro atoms. The monoisotopic (exact) mass is 336 g/mol. The third kappa shape index (κ3) is 6.89. The van der Waals surface area contributed by atoms with E-state index in [0.717, 1.165) is 43.7 Å². The molecule has 1 aromatic carbocycles. The molecule has 1 atom stereocenters. The summed E-state index contributed by atoms with van der Waals surface area (Å²) in [6.07, 6.45) is 3.92. The molecular formula is C19H32N2O3. The van der Waals surface area contributed by atoms with E-state index in [4.69, 9.17) is 9.47 Å². The van der Waals surface area contributed by atoms with Crippen molar-refractivity contribution in [3.05, 3.63) is 24.3 Å². The van der Waals surface area contributed by atoms with Crippen LogP contribution in [-0.2, 0) is 9.53 Å². The van der Waals surface area contributed by atoms with E-state index < -0.39 is 5.60 Å². The van der Waals surface area contributed by atoms with Gasteiger partial charge >= 0.3 is 0 Å². The lowest BCUT2D eigenvalue weighted by Crippen LogP contribution is -2.41. The van der Waals surface area contributed by atoms with Gasteiger partial charge in [0.1, 0.15) is 18.0 Å². The van der Waals surface area contributed by atoms with Crippen molar-refractivity contribution in [1.29, 1.82) is 0 Å². The molecule has 1 aromatic rings. The molecule has 0 radical (unpaired) electrons. The maximum Gasteiger partial charge on any atom is 0.256 e. The molecule has 0 aliphatic rings. The minimum absolute atomic E-state index is 0.109. The van der Waals surface area contributed by atoms with Crippen LogP contribution in [-0.4, -0.2) is 50.8 Å². The molecule has 1 rings (SSSR count). The first-order valence-corrected chi connectivity index (χ1v) is 8.65. The number of carbonyl (C=O) groups is 1. The fraction of sp³-hybridized carbons (Fsp3) is 0.632. The van der Waals surface area contributed by atoms with E-state index in [1.165, 1.54) is 0 Å². The highest BCUT2D eigenvalue weighted by Gasteiger charge is 2.32. The fourth-order valence-corrected chi connectivity index (χ4v) is 2.26. The van der Waals surface area contributed by atoms with Crippen LogP contribution in [0.2, 0.25) is 0 Å². The summed E-state index contributed by atoms with van der Waals surface area (Å²) in [5.41, 5.74) is -0.0468. The van der Waals surface area contributed by atoms with Crippen molar-refractivity contribution in [2.24, 2.45) is 0 Å². The van der Waals surface area contributed by atoms with Gasteiger partial charge in [0, 0.05) is 19.3 Å². The summed E-state index contributed by atoms with van der Waals surface area (Å²) in [4.78, 5) is 14.6. The number of amides is 1. The molecular weight excluding hydrogens is 304 g/mol. The first-order valence-electron chi connectivity index (χ1n) is 8.65. The molecule has 0 heterocycles. The summed E-state index contributed by atoms with van der Waals surface area (Å²) in [7, 11) is 5.61. The van der Waals surface area contributed by atoms with Crippen molar-refractivity contribution in [3.8, 4) is 5.75 Å². The molecule has 0 fully saturated rings. The first-order chi connectivity index (χ1) is 11.4. The molecule has 0 bridgehead atoms. The van der Waals surface area contributed by atoms with Crippen LogP contribution < -0.4 is 10.1 Å². The van der Waals surface area contributed by atoms with Gasteiger partial charge in [-0.2, -0.15) is 0 Å². The van der Waals surface area contributed by atoms with E-state index in [0.29, 0.717) is 6.61 Å². The number of likely N-dealkylation sites (N-methyl/N-ethyl adjacent to an activating group) is 1. The molecule has 0 saturated heterocycles. The van der Waals surface area contributed by atoms with Crippen LogP contribution in [0.3, 0.4) is 0 Å². The maximum atomic E-state index is 12.5. The number of hydrogen-bond donors (Lipinski definition) is 1. The minimum atomic E-state index is -0.796. The van der Waals surface area contributed by atoms with Crippen molar-refractivity contribution in [3.63, 3.8) is 0 Å². The Hall–Kier alpha value is -1.59. The van der Waals surface area contributed by atoms with E-state index in [2.05, 4.69) is 17.1 Å². The second-order valence-corrected chi connectivity index (χ2v) is 6.52. The lowest BCUT2D eigenvalue weighted by atomic mass is 9.97. The Labute approximate surface area is 146 Å². The van der Waals surface area contributed by atoms with Gasteiger partial charge in [0.15, 0.2) is 0 Å². The molecule has 1 amide bonds. The SMILES string of the molecule is CCCCCC(C)(OC)C(=O)Nc1ccc(OCCN(C)C)cc1. The quantitative estimate of drug-likeness (QED) is 0.628. The van der Waals surface area contributed by atoms with Crippen molar-refractivity contribution < 1.29 is 14.3 Å². The molecule has 24 heavy (non-hydrogen) atoms. The number of benzene rings is 1. The van der Waals surface area contributed by atoms with E-state index in [1.54, 1.807) is 7.11 Å². The van der Waals surface area contributed by atoms with Gasteiger partial charge in [0.2, 0.25) is 0 Å². The number of carbonyl (C=O) groups excluding carboxylic acids is 1. The van der Waals surface area contributed by atoms with Crippen molar-refractivity contribution in [1.82, 2.24) is 4.90 Å². The van der Waals surface area contributed by atoms with E-state index in [1.807, 2.05) is 45.3 Å². The number of nitrogens with zero attached hydrogens (tertiary/aromatic N) is 1. The second-order valence-electron chi connectivity index (χ2n) is 6.52. The first kappa shape index (κ1) is 20.5. The van der Waals surface area contributed by atoms with Crippen LogP contribution in [0.4, 0.5) is 5.69 Å². The Kier molecular flexibility index (Phi) is 8.79. The number of rotatable bonds is 11.